The van der Waals surface area contributed by atoms with Gasteiger partial charge < -0.3 is 0 Å². The minimum absolute atomic E-state index is 0.0448. The fraction of sp³-hybridized carbons (Fsp3) is 0.0714. The maximum Gasteiger partial charge on any atom is 0.287 e. The van der Waals surface area contributed by atoms with Crippen LogP contribution in [0.15, 0.2) is 48.5 Å². The second kappa shape index (κ2) is 5.63. The maximum absolute atomic E-state index is 12.0. The molecule has 0 N–H and O–H groups in total. The predicted molar refractivity (Wildman–Crippen MR) is 72.6 cm³/mol. The Balaban J connectivity index is 2.19. The van der Waals surface area contributed by atoms with E-state index in [-0.39, 0.29) is 22.9 Å². The first-order valence-corrected chi connectivity index (χ1v) is 5.97. The maximum atomic E-state index is 12.0. The summed E-state index contributed by atoms with van der Waals surface area (Å²) in [6.45, 7) is 0. The Kier molecular flexibility index (Phi) is 3.92. The molecule has 0 unspecified atom stereocenters. The van der Waals surface area contributed by atoms with Gasteiger partial charge in [0, 0.05) is 18.1 Å². The highest BCUT2D eigenvalue weighted by Crippen LogP contribution is 2.25. The predicted octanol–water partition coefficient (Wildman–Crippen LogP) is 3.67. The van der Waals surface area contributed by atoms with Crippen LogP contribution in [0.25, 0.3) is 0 Å². The lowest BCUT2D eigenvalue weighted by Gasteiger charge is -2.02. The van der Waals surface area contributed by atoms with Crippen molar-refractivity contribution in [2.24, 2.45) is 0 Å². The van der Waals surface area contributed by atoms with Gasteiger partial charge in [-0.15, -0.1) is 0 Å². The van der Waals surface area contributed by atoms with Crippen molar-refractivity contribution in [2.45, 2.75) is 6.42 Å². The van der Waals surface area contributed by atoms with E-state index in [1.165, 1.54) is 12.1 Å². The zero-order chi connectivity index (χ0) is 13.8. The largest absolute Gasteiger partial charge is 0.294 e. The number of ketones is 1. The van der Waals surface area contributed by atoms with E-state index in [2.05, 4.69) is 0 Å². The number of hydrogen-bond donors (Lipinski definition) is 0. The van der Waals surface area contributed by atoms with Crippen LogP contribution in [-0.4, -0.2) is 10.7 Å². The van der Waals surface area contributed by atoms with E-state index < -0.39 is 4.92 Å². The molecule has 2 aromatic rings. The molecule has 0 aliphatic heterocycles. The van der Waals surface area contributed by atoms with Crippen LogP contribution in [0.1, 0.15) is 15.9 Å². The lowest BCUT2D eigenvalue weighted by molar-refractivity contribution is -0.384. The summed E-state index contributed by atoms with van der Waals surface area (Å²) in [7, 11) is 0. The van der Waals surface area contributed by atoms with E-state index in [1.807, 2.05) is 6.07 Å². The van der Waals surface area contributed by atoms with Crippen molar-refractivity contribution in [1.82, 2.24) is 0 Å². The topological polar surface area (TPSA) is 60.2 Å². The van der Waals surface area contributed by atoms with Gasteiger partial charge in [0.25, 0.3) is 5.69 Å². The van der Waals surface area contributed by atoms with E-state index in [4.69, 9.17) is 11.6 Å². The Labute approximate surface area is 114 Å². The molecule has 0 saturated heterocycles. The minimum atomic E-state index is -0.550. The van der Waals surface area contributed by atoms with Crippen molar-refractivity contribution in [1.29, 1.82) is 0 Å². The second-order valence-corrected chi connectivity index (χ2v) is 4.42. The fourth-order valence-electron chi connectivity index (χ4n) is 1.72. The van der Waals surface area contributed by atoms with Crippen LogP contribution in [0.4, 0.5) is 5.69 Å². The van der Waals surface area contributed by atoms with Crippen molar-refractivity contribution in [3.05, 3.63) is 74.8 Å². The van der Waals surface area contributed by atoms with E-state index in [0.717, 1.165) is 0 Å². The third-order valence-corrected chi connectivity index (χ3v) is 2.97. The standard InChI is InChI=1S/C14H10ClNO3/c15-12-8-10(6-7-13(12)16(18)19)9-14(17)11-4-2-1-3-5-11/h1-8H,9H2. The van der Waals surface area contributed by atoms with Crippen LogP contribution in [0.3, 0.4) is 0 Å². The minimum Gasteiger partial charge on any atom is -0.294 e. The van der Waals surface area contributed by atoms with Gasteiger partial charge in [-0.3, -0.25) is 14.9 Å². The zero-order valence-electron chi connectivity index (χ0n) is 9.88. The van der Waals surface area contributed by atoms with Gasteiger partial charge in [-0.1, -0.05) is 48.0 Å². The molecular formula is C14H10ClNO3. The van der Waals surface area contributed by atoms with Gasteiger partial charge in [0.05, 0.1) is 4.92 Å². The van der Waals surface area contributed by atoms with Crippen molar-refractivity contribution < 1.29 is 9.72 Å². The molecule has 96 valence electrons. The van der Waals surface area contributed by atoms with E-state index in [9.17, 15) is 14.9 Å². The Bertz CT molecular complexity index is 626. The van der Waals surface area contributed by atoms with E-state index in [0.29, 0.717) is 11.1 Å². The average molecular weight is 276 g/mol. The monoisotopic (exact) mass is 275 g/mol. The Morgan fingerprint density at radius 1 is 1.16 bits per heavy atom. The summed E-state index contributed by atoms with van der Waals surface area (Å²) in [6.07, 6.45) is 0.168. The molecule has 19 heavy (non-hydrogen) atoms. The number of Topliss-reactive ketones (excluding diaryl/α,β-unsaturated/α-hetero) is 1. The molecule has 0 aliphatic carbocycles. The molecule has 2 rings (SSSR count). The van der Waals surface area contributed by atoms with Crippen LogP contribution < -0.4 is 0 Å². The van der Waals surface area contributed by atoms with Crippen LogP contribution >= 0.6 is 11.6 Å². The highest BCUT2D eigenvalue weighted by molar-refractivity contribution is 6.32. The second-order valence-electron chi connectivity index (χ2n) is 4.01. The molecule has 0 aliphatic rings. The van der Waals surface area contributed by atoms with Crippen molar-refractivity contribution >= 4 is 23.1 Å². The molecule has 0 heterocycles. The molecular weight excluding hydrogens is 266 g/mol. The molecule has 0 atom stereocenters. The summed E-state index contributed by atoms with van der Waals surface area (Å²) in [4.78, 5) is 22.0. The van der Waals surface area contributed by atoms with Crippen LogP contribution in [0, 0.1) is 10.1 Å². The summed E-state index contributed by atoms with van der Waals surface area (Å²) in [5, 5.41) is 10.7. The number of nitro groups is 1. The molecule has 0 radical (unpaired) electrons. The van der Waals surface area contributed by atoms with Gasteiger partial charge in [0.1, 0.15) is 5.02 Å². The highest BCUT2D eigenvalue weighted by Gasteiger charge is 2.14. The number of carbonyl (C=O) groups is 1. The van der Waals surface area contributed by atoms with E-state index >= 15 is 0 Å². The lowest BCUT2D eigenvalue weighted by atomic mass is 10.0. The van der Waals surface area contributed by atoms with Crippen LogP contribution in [0.2, 0.25) is 5.02 Å². The summed E-state index contributed by atoms with van der Waals surface area (Å²) in [5.41, 5.74) is 1.11. The van der Waals surface area contributed by atoms with Crippen LogP contribution in [0.5, 0.6) is 0 Å². The molecule has 4 nitrogen and oxygen atoms in total. The SMILES string of the molecule is O=C(Cc1ccc([N+](=O)[O-])c(Cl)c1)c1ccccc1. The van der Waals surface area contributed by atoms with Gasteiger partial charge in [0.2, 0.25) is 0 Å². The van der Waals surface area contributed by atoms with Crippen molar-refractivity contribution in [2.75, 3.05) is 0 Å². The molecule has 0 amide bonds. The molecule has 0 aromatic heterocycles. The van der Waals surface area contributed by atoms with Gasteiger partial charge in [-0.2, -0.15) is 0 Å². The first-order chi connectivity index (χ1) is 9.08. The zero-order valence-corrected chi connectivity index (χ0v) is 10.6. The molecule has 0 spiro atoms. The average Bonchev–Trinajstić information content (AvgIpc) is 2.39. The summed E-state index contributed by atoms with van der Waals surface area (Å²) in [5.74, 6) is -0.0504. The van der Waals surface area contributed by atoms with Crippen molar-refractivity contribution in [3.63, 3.8) is 0 Å². The number of carbonyl (C=O) groups excluding carboxylic acids is 1. The Morgan fingerprint density at radius 2 is 1.84 bits per heavy atom. The number of nitrogens with zero attached hydrogens (tertiary/aromatic N) is 1. The summed E-state index contributed by atoms with van der Waals surface area (Å²) < 4.78 is 0. The number of rotatable bonds is 4. The number of halogens is 1. The third kappa shape index (κ3) is 3.17. The third-order valence-electron chi connectivity index (χ3n) is 2.67. The number of hydrogen-bond acceptors (Lipinski definition) is 3. The normalized spacial score (nSPS) is 10.2. The number of nitro benzene ring substituents is 1. The van der Waals surface area contributed by atoms with Gasteiger partial charge in [-0.05, 0) is 11.6 Å². The van der Waals surface area contributed by atoms with Gasteiger partial charge in [-0.25, -0.2) is 0 Å². The van der Waals surface area contributed by atoms with Gasteiger partial charge >= 0.3 is 0 Å². The molecule has 0 bridgehead atoms. The fourth-order valence-corrected chi connectivity index (χ4v) is 1.99. The molecule has 2 aromatic carbocycles. The summed E-state index contributed by atoms with van der Waals surface area (Å²) in [6, 6.07) is 13.2. The molecule has 0 fully saturated rings. The lowest BCUT2D eigenvalue weighted by Crippen LogP contribution is -2.03. The van der Waals surface area contributed by atoms with Crippen molar-refractivity contribution in [3.8, 4) is 0 Å². The molecule has 0 saturated carbocycles. The Hall–Kier alpha value is -2.20. The van der Waals surface area contributed by atoms with Crippen LogP contribution in [-0.2, 0) is 6.42 Å². The smallest absolute Gasteiger partial charge is 0.287 e. The number of benzene rings is 2. The van der Waals surface area contributed by atoms with Gasteiger partial charge in [0.15, 0.2) is 5.78 Å². The first-order valence-electron chi connectivity index (χ1n) is 5.59. The molecule has 5 heteroatoms. The first kappa shape index (κ1) is 13.2. The Morgan fingerprint density at radius 3 is 2.42 bits per heavy atom. The van der Waals surface area contributed by atoms with E-state index in [1.54, 1.807) is 30.3 Å². The summed E-state index contributed by atoms with van der Waals surface area (Å²) >= 11 is 5.80. The quantitative estimate of drug-likeness (QED) is 0.486. The highest BCUT2D eigenvalue weighted by atomic mass is 35.5.